The molecule has 1 N–H and O–H groups in total. The molecule has 2 fully saturated rings. The van der Waals surface area contributed by atoms with Crippen LogP contribution in [0, 0.1) is 5.92 Å². The molecule has 2 aliphatic rings. The van der Waals surface area contributed by atoms with Crippen molar-refractivity contribution < 1.29 is 4.79 Å². The summed E-state index contributed by atoms with van der Waals surface area (Å²) in [6.07, 6.45) is 0.799. The fourth-order valence-corrected chi connectivity index (χ4v) is 2.99. The smallest absolute Gasteiger partial charge is 0.139 e. The fraction of sp³-hybridized carbons (Fsp3) is 0.857. The van der Waals surface area contributed by atoms with Crippen LogP contribution in [0.15, 0.2) is 0 Å². The lowest BCUT2D eigenvalue weighted by Crippen LogP contribution is -2.29. The van der Waals surface area contributed by atoms with E-state index < -0.39 is 0 Å². The molecule has 0 aromatic rings. The van der Waals surface area contributed by atoms with Crippen molar-refractivity contribution in [1.29, 1.82) is 0 Å². The summed E-state index contributed by atoms with van der Waals surface area (Å²) < 4.78 is 0. The van der Waals surface area contributed by atoms with Crippen LogP contribution in [0.2, 0.25) is 0 Å². The lowest BCUT2D eigenvalue weighted by atomic mass is 10.0. The van der Waals surface area contributed by atoms with Gasteiger partial charge in [-0.2, -0.15) is 11.8 Å². The van der Waals surface area contributed by atoms with Crippen LogP contribution in [0.25, 0.3) is 0 Å². The first-order valence-electron chi connectivity index (χ1n) is 3.73. The Hall–Kier alpha value is -0.0200. The Kier molecular flexibility index (Phi) is 1.70. The highest BCUT2D eigenvalue weighted by Gasteiger charge is 2.35. The zero-order valence-corrected chi connectivity index (χ0v) is 6.62. The molecule has 3 heteroatoms. The van der Waals surface area contributed by atoms with Crippen molar-refractivity contribution in [2.45, 2.75) is 11.7 Å². The molecular formula is C7H11NOS. The first kappa shape index (κ1) is 6.68. The molecule has 2 atom stereocenters. The van der Waals surface area contributed by atoms with Gasteiger partial charge in [-0.15, -0.1) is 0 Å². The summed E-state index contributed by atoms with van der Waals surface area (Å²) in [5.74, 6) is 1.87. The summed E-state index contributed by atoms with van der Waals surface area (Å²) in [5, 5.41) is 3.85. The molecule has 56 valence electrons. The van der Waals surface area contributed by atoms with Gasteiger partial charge in [0.1, 0.15) is 5.78 Å². The Morgan fingerprint density at radius 1 is 1.50 bits per heavy atom. The monoisotopic (exact) mass is 157 g/mol. The third-order valence-electron chi connectivity index (χ3n) is 2.25. The molecule has 2 aliphatic heterocycles. The number of thioether (sulfide) groups is 1. The van der Waals surface area contributed by atoms with Gasteiger partial charge in [-0.3, -0.25) is 4.79 Å². The molecular weight excluding hydrogens is 146 g/mol. The Morgan fingerprint density at radius 2 is 2.40 bits per heavy atom. The van der Waals surface area contributed by atoms with Crippen molar-refractivity contribution in [3.63, 3.8) is 0 Å². The van der Waals surface area contributed by atoms with E-state index in [2.05, 4.69) is 5.32 Å². The normalized spacial score (nSPS) is 39.8. The number of rotatable bonds is 0. The molecule has 0 radical (unpaired) electrons. The second kappa shape index (κ2) is 2.55. The molecule has 0 bridgehead atoms. The number of nitrogens with one attached hydrogen (secondary N) is 1. The Morgan fingerprint density at radius 3 is 3.20 bits per heavy atom. The minimum atomic E-state index is 0.346. The van der Waals surface area contributed by atoms with Gasteiger partial charge in [0, 0.05) is 36.4 Å². The van der Waals surface area contributed by atoms with E-state index in [0.717, 1.165) is 25.3 Å². The van der Waals surface area contributed by atoms with Crippen LogP contribution in [-0.2, 0) is 4.79 Å². The van der Waals surface area contributed by atoms with Crippen molar-refractivity contribution in [3.8, 4) is 0 Å². The SMILES string of the molecule is O=C1CCSC2CNCC12. The van der Waals surface area contributed by atoms with Gasteiger partial charge in [-0.1, -0.05) is 0 Å². The van der Waals surface area contributed by atoms with Gasteiger partial charge < -0.3 is 5.32 Å². The van der Waals surface area contributed by atoms with Crippen molar-refractivity contribution >= 4 is 17.5 Å². The number of ketones is 1. The van der Waals surface area contributed by atoms with Crippen molar-refractivity contribution in [2.75, 3.05) is 18.8 Å². The lowest BCUT2D eigenvalue weighted by molar-refractivity contribution is -0.121. The second-order valence-corrected chi connectivity index (χ2v) is 4.24. The molecule has 0 spiro atoms. The molecule has 0 aromatic heterocycles. The van der Waals surface area contributed by atoms with Crippen LogP contribution in [-0.4, -0.2) is 29.9 Å². The van der Waals surface area contributed by atoms with Crippen LogP contribution in [0.5, 0.6) is 0 Å². The number of fused-ring (bicyclic) bond motifs is 1. The molecule has 2 heterocycles. The van der Waals surface area contributed by atoms with Gasteiger partial charge in [0.05, 0.1) is 0 Å². The first-order chi connectivity index (χ1) is 4.88. The van der Waals surface area contributed by atoms with Gasteiger partial charge in [-0.05, 0) is 0 Å². The predicted molar refractivity (Wildman–Crippen MR) is 42.2 cm³/mol. The number of hydrogen-bond acceptors (Lipinski definition) is 3. The predicted octanol–water partition coefficient (Wildman–Crippen LogP) is 0.280. The molecule has 0 aromatic carbocycles. The van der Waals surface area contributed by atoms with E-state index in [1.165, 1.54) is 0 Å². The zero-order valence-electron chi connectivity index (χ0n) is 5.80. The third kappa shape index (κ3) is 0.974. The summed E-state index contributed by atoms with van der Waals surface area (Å²) in [7, 11) is 0. The maximum atomic E-state index is 11.2. The topological polar surface area (TPSA) is 29.1 Å². The Bertz CT molecular complexity index is 160. The van der Waals surface area contributed by atoms with E-state index in [4.69, 9.17) is 0 Å². The zero-order chi connectivity index (χ0) is 6.97. The first-order valence-corrected chi connectivity index (χ1v) is 4.78. The molecule has 2 saturated heterocycles. The van der Waals surface area contributed by atoms with Crippen LogP contribution in [0.4, 0.5) is 0 Å². The standard InChI is InChI=1S/C7H11NOS/c9-6-1-2-10-7-4-8-3-5(6)7/h5,7-8H,1-4H2. The Labute approximate surface area is 64.8 Å². The van der Waals surface area contributed by atoms with Crippen LogP contribution >= 0.6 is 11.8 Å². The van der Waals surface area contributed by atoms with E-state index in [-0.39, 0.29) is 0 Å². The van der Waals surface area contributed by atoms with Gasteiger partial charge in [0.15, 0.2) is 0 Å². The van der Waals surface area contributed by atoms with Crippen LogP contribution in [0.1, 0.15) is 6.42 Å². The summed E-state index contributed by atoms with van der Waals surface area (Å²) in [6.45, 7) is 1.97. The molecule has 2 rings (SSSR count). The quantitative estimate of drug-likeness (QED) is 0.547. The van der Waals surface area contributed by atoms with Gasteiger partial charge in [0.2, 0.25) is 0 Å². The highest BCUT2D eigenvalue weighted by molar-refractivity contribution is 8.00. The average molecular weight is 157 g/mol. The number of carbonyl (C=O) groups is 1. The minimum absolute atomic E-state index is 0.346. The summed E-state index contributed by atoms with van der Waals surface area (Å²) >= 11 is 1.95. The second-order valence-electron chi connectivity index (χ2n) is 2.89. The maximum Gasteiger partial charge on any atom is 0.139 e. The third-order valence-corrected chi connectivity index (χ3v) is 3.62. The average Bonchev–Trinajstić information content (AvgIpc) is 2.36. The van der Waals surface area contributed by atoms with Gasteiger partial charge in [-0.25, -0.2) is 0 Å². The maximum absolute atomic E-state index is 11.2. The Balaban J connectivity index is 2.10. The number of carbonyl (C=O) groups excluding carboxylic acids is 1. The molecule has 0 aliphatic carbocycles. The molecule has 0 amide bonds. The van der Waals surface area contributed by atoms with Crippen molar-refractivity contribution in [1.82, 2.24) is 5.32 Å². The van der Waals surface area contributed by atoms with Crippen molar-refractivity contribution in [2.24, 2.45) is 5.92 Å². The highest BCUT2D eigenvalue weighted by atomic mass is 32.2. The highest BCUT2D eigenvalue weighted by Crippen LogP contribution is 2.30. The summed E-state index contributed by atoms with van der Waals surface area (Å²) in [6, 6.07) is 0. The number of hydrogen-bond donors (Lipinski definition) is 1. The van der Waals surface area contributed by atoms with E-state index >= 15 is 0 Å². The number of Topliss-reactive ketones (excluding diaryl/α,β-unsaturated/α-hetero) is 1. The molecule has 10 heavy (non-hydrogen) atoms. The summed E-state index contributed by atoms with van der Waals surface area (Å²) in [4.78, 5) is 11.2. The van der Waals surface area contributed by atoms with E-state index in [1.54, 1.807) is 0 Å². The lowest BCUT2D eigenvalue weighted by Gasteiger charge is -2.21. The molecule has 2 unspecified atom stereocenters. The molecule has 2 nitrogen and oxygen atoms in total. The van der Waals surface area contributed by atoms with Gasteiger partial charge >= 0.3 is 0 Å². The molecule has 0 saturated carbocycles. The summed E-state index contributed by atoms with van der Waals surface area (Å²) in [5.41, 5.74) is 0. The van der Waals surface area contributed by atoms with Crippen molar-refractivity contribution in [3.05, 3.63) is 0 Å². The minimum Gasteiger partial charge on any atom is -0.315 e. The van der Waals surface area contributed by atoms with E-state index in [0.29, 0.717) is 17.0 Å². The van der Waals surface area contributed by atoms with Gasteiger partial charge in [0.25, 0.3) is 0 Å². The van der Waals surface area contributed by atoms with Crippen LogP contribution < -0.4 is 5.32 Å². The van der Waals surface area contributed by atoms with E-state index in [9.17, 15) is 4.79 Å². The van der Waals surface area contributed by atoms with Crippen LogP contribution in [0.3, 0.4) is 0 Å². The fourth-order valence-electron chi connectivity index (χ4n) is 1.65. The van der Waals surface area contributed by atoms with E-state index in [1.807, 2.05) is 11.8 Å². The largest absolute Gasteiger partial charge is 0.315 e.